The smallest absolute Gasteiger partial charge is 0.165 e. The molecule has 0 atom stereocenters. The van der Waals surface area contributed by atoms with Crippen molar-refractivity contribution in [2.75, 3.05) is 19.6 Å². The molecule has 2 heterocycles. The number of hydrogen-bond acceptors (Lipinski definition) is 5. The molecule has 1 spiro atoms. The van der Waals surface area contributed by atoms with Gasteiger partial charge in [0.2, 0.25) is 0 Å². The molecule has 4 rings (SSSR count). The summed E-state index contributed by atoms with van der Waals surface area (Å²) in [5, 5.41) is 16.0. The topological polar surface area (TPSA) is 58.9 Å². The average Bonchev–Trinajstić information content (AvgIpc) is 3.23. The monoisotopic (exact) mass is 276 g/mol. The van der Waals surface area contributed by atoms with E-state index in [-0.39, 0.29) is 0 Å². The van der Waals surface area contributed by atoms with Gasteiger partial charge >= 0.3 is 0 Å². The fourth-order valence-corrected chi connectivity index (χ4v) is 3.92. The normalized spacial score (nSPS) is 27.0. The maximum Gasteiger partial charge on any atom is 0.165 e. The Balaban J connectivity index is 1.54. The molecule has 0 unspecified atom stereocenters. The van der Waals surface area contributed by atoms with Crippen molar-refractivity contribution in [3.63, 3.8) is 0 Å². The van der Waals surface area contributed by atoms with Crippen LogP contribution in [0.15, 0.2) is 0 Å². The zero-order valence-electron chi connectivity index (χ0n) is 12.1. The van der Waals surface area contributed by atoms with Crippen LogP contribution in [0, 0.1) is 0 Å². The zero-order valence-corrected chi connectivity index (χ0v) is 12.1. The van der Waals surface area contributed by atoms with Gasteiger partial charge in [-0.25, -0.2) is 4.68 Å². The maximum absolute atomic E-state index is 4.29. The molecular weight excluding hydrogens is 252 g/mol. The SMILES string of the molecule is C1CCC2(CC1)CNCCN2Cc1nnnn1C1CC1. The summed E-state index contributed by atoms with van der Waals surface area (Å²) >= 11 is 0. The predicted octanol–water partition coefficient (Wildman–Crippen LogP) is 1.12. The molecular formula is C14H24N6. The van der Waals surface area contributed by atoms with Crippen LogP contribution in [0.3, 0.4) is 0 Å². The Morgan fingerprint density at radius 1 is 1.20 bits per heavy atom. The van der Waals surface area contributed by atoms with Gasteiger partial charge in [0.15, 0.2) is 5.82 Å². The highest BCUT2D eigenvalue weighted by Gasteiger charge is 2.40. The fraction of sp³-hybridized carbons (Fsp3) is 0.929. The first-order valence-electron chi connectivity index (χ1n) is 8.10. The number of rotatable bonds is 3. The van der Waals surface area contributed by atoms with Gasteiger partial charge < -0.3 is 5.32 Å². The van der Waals surface area contributed by atoms with Crippen LogP contribution in [-0.2, 0) is 6.54 Å². The Morgan fingerprint density at radius 3 is 2.85 bits per heavy atom. The third kappa shape index (κ3) is 2.24. The standard InChI is InChI=1S/C14H24N6/c1-2-6-14(7-3-1)11-15-8-9-19(14)10-13-16-17-18-20(13)12-4-5-12/h12,15H,1-11H2. The molecule has 3 aliphatic rings. The molecule has 2 aliphatic carbocycles. The summed E-state index contributed by atoms with van der Waals surface area (Å²) in [4.78, 5) is 2.66. The average molecular weight is 276 g/mol. The van der Waals surface area contributed by atoms with Crippen LogP contribution in [-0.4, -0.2) is 50.3 Å². The molecule has 1 saturated heterocycles. The minimum atomic E-state index is 0.358. The molecule has 1 N–H and O–H groups in total. The first kappa shape index (κ1) is 12.7. The lowest BCUT2D eigenvalue weighted by Crippen LogP contribution is -2.61. The maximum atomic E-state index is 4.29. The number of hydrogen-bond donors (Lipinski definition) is 1. The van der Waals surface area contributed by atoms with Crippen LogP contribution in [0.25, 0.3) is 0 Å². The molecule has 0 aromatic carbocycles. The molecule has 1 aromatic rings. The van der Waals surface area contributed by atoms with Gasteiger partial charge in [-0.2, -0.15) is 0 Å². The van der Waals surface area contributed by atoms with Gasteiger partial charge in [0.25, 0.3) is 0 Å². The number of nitrogens with zero attached hydrogens (tertiary/aromatic N) is 5. The largest absolute Gasteiger partial charge is 0.314 e. The number of piperazine rings is 1. The Kier molecular flexibility index (Phi) is 3.22. The molecule has 0 radical (unpaired) electrons. The third-order valence-corrected chi connectivity index (χ3v) is 5.25. The minimum Gasteiger partial charge on any atom is -0.314 e. The van der Waals surface area contributed by atoms with Gasteiger partial charge in [-0.05, 0) is 36.1 Å². The molecule has 0 amide bonds. The summed E-state index contributed by atoms with van der Waals surface area (Å²) in [6.45, 7) is 4.27. The van der Waals surface area contributed by atoms with Crippen LogP contribution < -0.4 is 5.32 Å². The van der Waals surface area contributed by atoms with E-state index in [1.807, 2.05) is 0 Å². The lowest BCUT2D eigenvalue weighted by atomic mass is 9.79. The van der Waals surface area contributed by atoms with Crippen molar-refractivity contribution in [3.05, 3.63) is 5.82 Å². The van der Waals surface area contributed by atoms with Crippen molar-refractivity contribution in [1.82, 2.24) is 30.4 Å². The summed E-state index contributed by atoms with van der Waals surface area (Å²) in [6.07, 6.45) is 9.26. The third-order valence-electron chi connectivity index (χ3n) is 5.25. The van der Waals surface area contributed by atoms with Crippen LogP contribution >= 0.6 is 0 Å². The Hall–Kier alpha value is -1.01. The van der Waals surface area contributed by atoms with Crippen molar-refractivity contribution < 1.29 is 0 Å². The van der Waals surface area contributed by atoms with Crippen molar-refractivity contribution >= 4 is 0 Å². The summed E-state index contributed by atoms with van der Waals surface area (Å²) in [7, 11) is 0. The number of nitrogens with one attached hydrogen (secondary N) is 1. The predicted molar refractivity (Wildman–Crippen MR) is 75.2 cm³/mol. The number of tetrazole rings is 1. The van der Waals surface area contributed by atoms with Crippen molar-refractivity contribution in [2.45, 2.75) is 63.1 Å². The molecule has 2 saturated carbocycles. The second-order valence-corrected chi connectivity index (χ2v) is 6.65. The second kappa shape index (κ2) is 5.07. The van der Waals surface area contributed by atoms with Crippen LogP contribution in [0.2, 0.25) is 0 Å². The van der Waals surface area contributed by atoms with Gasteiger partial charge in [0, 0.05) is 25.2 Å². The second-order valence-electron chi connectivity index (χ2n) is 6.65. The van der Waals surface area contributed by atoms with E-state index in [9.17, 15) is 0 Å². The van der Waals surface area contributed by atoms with Gasteiger partial charge in [0.1, 0.15) is 0 Å². The van der Waals surface area contributed by atoms with Gasteiger partial charge in [-0.1, -0.05) is 19.3 Å². The Bertz CT molecular complexity index is 452. The van der Waals surface area contributed by atoms with Gasteiger partial charge in [-0.3, -0.25) is 4.90 Å². The molecule has 1 aliphatic heterocycles. The van der Waals surface area contributed by atoms with E-state index in [1.54, 1.807) is 0 Å². The molecule has 6 nitrogen and oxygen atoms in total. The summed E-state index contributed by atoms with van der Waals surface area (Å²) in [5.74, 6) is 1.07. The Labute approximate surface area is 119 Å². The molecule has 110 valence electrons. The van der Waals surface area contributed by atoms with Gasteiger partial charge in [0.05, 0.1) is 12.6 Å². The molecule has 3 fully saturated rings. The summed E-state index contributed by atoms with van der Waals surface area (Å²) in [5.41, 5.74) is 0.358. The minimum absolute atomic E-state index is 0.358. The number of aromatic nitrogens is 4. The van der Waals surface area contributed by atoms with Crippen molar-refractivity contribution in [2.24, 2.45) is 0 Å². The van der Waals surface area contributed by atoms with Crippen molar-refractivity contribution in [1.29, 1.82) is 0 Å². The van der Waals surface area contributed by atoms with E-state index in [4.69, 9.17) is 0 Å². The van der Waals surface area contributed by atoms with Crippen LogP contribution in [0.5, 0.6) is 0 Å². The Morgan fingerprint density at radius 2 is 2.05 bits per heavy atom. The highest BCUT2D eigenvalue weighted by molar-refractivity contribution is 5.00. The van der Waals surface area contributed by atoms with E-state index in [0.717, 1.165) is 32.0 Å². The van der Waals surface area contributed by atoms with E-state index in [0.29, 0.717) is 11.6 Å². The van der Waals surface area contributed by atoms with E-state index in [2.05, 4.69) is 30.4 Å². The lowest BCUT2D eigenvalue weighted by Gasteiger charge is -2.49. The summed E-state index contributed by atoms with van der Waals surface area (Å²) < 4.78 is 2.07. The van der Waals surface area contributed by atoms with E-state index >= 15 is 0 Å². The lowest BCUT2D eigenvalue weighted by molar-refractivity contribution is 0.0178. The molecule has 20 heavy (non-hydrogen) atoms. The van der Waals surface area contributed by atoms with E-state index < -0.39 is 0 Å². The highest BCUT2D eigenvalue weighted by Crippen LogP contribution is 2.37. The molecule has 6 heteroatoms. The highest BCUT2D eigenvalue weighted by atomic mass is 15.6. The summed E-state index contributed by atoms with van der Waals surface area (Å²) in [6, 6.07) is 0.574. The van der Waals surface area contributed by atoms with Crippen molar-refractivity contribution in [3.8, 4) is 0 Å². The zero-order chi connectivity index (χ0) is 13.4. The first-order chi connectivity index (χ1) is 9.87. The van der Waals surface area contributed by atoms with Crippen LogP contribution in [0.4, 0.5) is 0 Å². The first-order valence-corrected chi connectivity index (χ1v) is 8.10. The molecule has 0 bridgehead atoms. The van der Waals surface area contributed by atoms with Crippen LogP contribution in [0.1, 0.15) is 56.8 Å². The van der Waals surface area contributed by atoms with Gasteiger partial charge in [-0.15, -0.1) is 5.10 Å². The quantitative estimate of drug-likeness (QED) is 0.896. The fourth-order valence-electron chi connectivity index (χ4n) is 3.92. The van der Waals surface area contributed by atoms with E-state index in [1.165, 1.54) is 44.9 Å². The molecule has 1 aromatic heterocycles.